The summed E-state index contributed by atoms with van der Waals surface area (Å²) in [5.41, 5.74) is 2.56. The van der Waals surface area contributed by atoms with Crippen LogP contribution in [0.2, 0.25) is 0 Å². The van der Waals surface area contributed by atoms with E-state index in [1.165, 1.54) is 0 Å². The number of carbonyl (C=O) groups excluding carboxylic acids is 1. The van der Waals surface area contributed by atoms with E-state index in [2.05, 4.69) is 22.2 Å². The Morgan fingerprint density at radius 3 is 2.65 bits per heavy atom. The summed E-state index contributed by atoms with van der Waals surface area (Å²) >= 11 is 0. The second-order valence-electron chi connectivity index (χ2n) is 7.85. The van der Waals surface area contributed by atoms with Gasteiger partial charge in [-0.15, -0.1) is 0 Å². The van der Waals surface area contributed by atoms with Crippen LogP contribution in [0, 0.1) is 0 Å². The van der Waals surface area contributed by atoms with Gasteiger partial charge in [-0.25, -0.2) is 9.97 Å². The normalized spacial score (nSPS) is 11.6. The van der Waals surface area contributed by atoms with Crippen LogP contribution >= 0.6 is 0 Å². The minimum absolute atomic E-state index is 0.252. The molecule has 0 saturated heterocycles. The molecule has 0 bridgehead atoms. The zero-order valence-electron chi connectivity index (χ0n) is 18.8. The number of hydrogen-bond donors (Lipinski definition) is 1. The maximum atomic E-state index is 13.2. The van der Waals surface area contributed by atoms with Crippen molar-refractivity contribution in [3.05, 3.63) is 59.3 Å². The number of benzene rings is 1. The average molecular weight is 427 g/mol. The molecular formula is C23H30N4O4. The highest BCUT2D eigenvalue weighted by molar-refractivity contribution is 5.98. The summed E-state index contributed by atoms with van der Waals surface area (Å²) in [5.74, 6) is 0.474. The van der Waals surface area contributed by atoms with Gasteiger partial charge in [0.05, 0.1) is 36.7 Å². The second kappa shape index (κ2) is 9.89. The molecule has 2 heterocycles. The van der Waals surface area contributed by atoms with Crippen molar-refractivity contribution in [2.24, 2.45) is 0 Å². The van der Waals surface area contributed by atoms with Crippen LogP contribution in [0.3, 0.4) is 0 Å². The molecular weight excluding hydrogens is 396 g/mol. The summed E-state index contributed by atoms with van der Waals surface area (Å²) in [6, 6.07) is 9.65. The minimum atomic E-state index is -0.641. The minimum Gasteiger partial charge on any atom is -0.494 e. The molecule has 166 valence electrons. The Bertz CT molecular complexity index is 1050. The van der Waals surface area contributed by atoms with E-state index in [9.17, 15) is 4.79 Å². The number of fused-ring (bicyclic) bond motifs is 1. The molecule has 0 aliphatic heterocycles. The smallest absolute Gasteiger partial charge is 0.274 e. The van der Waals surface area contributed by atoms with Gasteiger partial charge in [-0.2, -0.15) is 0 Å². The van der Waals surface area contributed by atoms with Crippen molar-refractivity contribution in [2.75, 3.05) is 20.8 Å². The Morgan fingerprint density at radius 2 is 1.94 bits per heavy atom. The average Bonchev–Trinajstić information content (AvgIpc) is 3.17. The molecule has 31 heavy (non-hydrogen) atoms. The molecule has 1 aromatic carbocycles. The lowest BCUT2D eigenvalue weighted by atomic mass is 9.94. The maximum Gasteiger partial charge on any atom is 0.274 e. The number of carbonyl (C=O) groups is 1. The summed E-state index contributed by atoms with van der Waals surface area (Å²) in [5, 5.41) is 3.08. The fraction of sp³-hybridized carbons (Fsp3) is 0.435. The van der Waals surface area contributed by atoms with Crippen molar-refractivity contribution < 1.29 is 19.0 Å². The van der Waals surface area contributed by atoms with Crippen LogP contribution in [0.15, 0.2) is 36.7 Å². The van der Waals surface area contributed by atoms with Crippen LogP contribution in [-0.2, 0) is 28.2 Å². The lowest BCUT2D eigenvalue weighted by molar-refractivity contribution is 0.0908. The lowest BCUT2D eigenvalue weighted by Crippen LogP contribution is -2.41. The van der Waals surface area contributed by atoms with Crippen LogP contribution in [-0.4, -0.2) is 41.1 Å². The van der Waals surface area contributed by atoms with Gasteiger partial charge in [0.15, 0.2) is 11.3 Å². The fourth-order valence-corrected chi connectivity index (χ4v) is 3.34. The predicted octanol–water partition coefficient (Wildman–Crippen LogP) is 3.48. The first kappa shape index (κ1) is 22.7. The van der Waals surface area contributed by atoms with E-state index in [0.717, 1.165) is 23.4 Å². The van der Waals surface area contributed by atoms with E-state index >= 15 is 0 Å². The zero-order valence-corrected chi connectivity index (χ0v) is 18.8. The Hall–Kier alpha value is -2.97. The van der Waals surface area contributed by atoms with Crippen LogP contribution < -0.4 is 10.1 Å². The van der Waals surface area contributed by atoms with Gasteiger partial charge >= 0.3 is 0 Å². The third-order valence-corrected chi connectivity index (χ3v) is 4.89. The summed E-state index contributed by atoms with van der Waals surface area (Å²) < 4.78 is 18.0. The van der Waals surface area contributed by atoms with Gasteiger partial charge in [-0.3, -0.25) is 9.20 Å². The van der Waals surface area contributed by atoms with Crippen LogP contribution in [0.5, 0.6) is 5.75 Å². The Labute approximate surface area is 182 Å². The number of aromatic nitrogens is 3. The molecule has 0 spiro atoms. The topological polar surface area (TPSA) is 87.0 Å². The number of rotatable bonds is 10. The van der Waals surface area contributed by atoms with Gasteiger partial charge in [0.25, 0.3) is 5.91 Å². The van der Waals surface area contributed by atoms with Crippen LogP contribution in [0.1, 0.15) is 54.6 Å². The van der Waals surface area contributed by atoms with E-state index in [0.29, 0.717) is 31.2 Å². The number of ether oxygens (including phenoxy) is 3. The van der Waals surface area contributed by atoms with Gasteiger partial charge in [-0.1, -0.05) is 19.1 Å². The monoisotopic (exact) mass is 426 g/mol. The highest BCUT2D eigenvalue weighted by Crippen LogP contribution is 2.25. The molecule has 1 amide bonds. The first-order chi connectivity index (χ1) is 14.9. The Morgan fingerprint density at radius 1 is 1.16 bits per heavy atom. The third-order valence-electron chi connectivity index (χ3n) is 4.89. The summed E-state index contributed by atoms with van der Waals surface area (Å²) in [6.07, 6.45) is 2.52. The molecule has 3 aromatic rings. The van der Waals surface area contributed by atoms with Gasteiger partial charge in [-0.05, 0) is 44.0 Å². The van der Waals surface area contributed by atoms with Crippen LogP contribution in [0.4, 0.5) is 0 Å². The van der Waals surface area contributed by atoms with E-state index < -0.39 is 5.54 Å². The molecule has 3 rings (SSSR count). The quantitative estimate of drug-likeness (QED) is 0.534. The van der Waals surface area contributed by atoms with E-state index in [1.54, 1.807) is 24.9 Å². The first-order valence-electron chi connectivity index (χ1n) is 10.3. The van der Waals surface area contributed by atoms with Gasteiger partial charge < -0.3 is 19.5 Å². The summed E-state index contributed by atoms with van der Waals surface area (Å²) in [4.78, 5) is 22.1. The van der Waals surface area contributed by atoms with Crippen molar-refractivity contribution >= 4 is 11.6 Å². The van der Waals surface area contributed by atoms with Crippen molar-refractivity contribution in [1.82, 2.24) is 19.7 Å². The Kier molecular flexibility index (Phi) is 7.25. The van der Waals surface area contributed by atoms with Crippen molar-refractivity contribution in [1.29, 1.82) is 0 Å². The van der Waals surface area contributed by atoms with Gasteiger partial charge in [0.1, 0.15) is 12.1 Å². The van der Waals surface area contributed by atoms with E-state index in [1.807, 2.05) is 44.2 Å². The number of methoxy groups -OCH3 is 2. The molecule has 0 radical (unpaired) electrons. The number of nitrogens with zero attached hydrogens (tertiary/aromatic N) is 3. The molecule has 0 atom stereocenters. The van der Waals surface area contributed by atoms with Crippen molar-refractivity contribution in [2.45, 2.75) is 45.9 Å². The lowest BCUT2D eigenvalue weighted by Gasteiger charge is -2.27. The molecule has 0 fully saturated rings. The molecule has 1 N–H and O–H groups in total. The summed E-state index contributed by atoms with van der Waals surface area (Å²) in [6.45, 7) is 7.30. The maximum absolute atomic E-state index is 13.2. The molecule has 8 heteroatoms. The fourth-order valence-electron chi connectivity index (χ4n) is 3.34. The number of amides is 1. The first-order valence-corrected chi connectivity index (χ1v) is 10.3. The van der Waals surface area contributed by atoms with Crippen LogP contribution in [0.25, 0.3) is 5.65 Å². The molecule has 0 saturated carbocycles. The Balaban J connectivity index is 1.90. The second-order valence-corrected chi connectivity index (χ2v) is 7.85. The van der Waals surface area contributed by atoms with Crippen molar-refractivity contribution in [3.8, 4) is 5.75 Å². The van der Waals surface area contributed by atoms with Gasteiger partial charge in [0, 0.05) is 14.2 Å². The number of nitrogens with one attached hydrogen (secondary N) is 1. The largest absolute Gasteiger partial charge is 0.494 e. The van der Waals surface area contributed by atoms with Gasteiger partial charge in [0.2, 0.25) is 0 Å². The molecule has 0 aliphatic rings. The van der Waals surface area contributed by atoms with E-state index in [4.69, 9.17) is 14.2 Å². The SMILES string of the molecule is CCCOc1cccc(C(C)(C)NC(=O)c2ncn3c(COC)cc(COC)nc23)c1. The number of imidazole rings is 1. The molecule has 0 unspecified atom stereocenters. The number of hydrogen-bond acceptors (Lipinski definition) is 6. The molecule has 0 aliphatic carbocycles. The third kappa shape index (κ3) is 5.21. The standard InChI is InChI=1S/C23H30N4O4/c1-6-10-31-19-9-7-8-16(11-19)23(2,3)26-22(28)20-21-25-17(13-29-4)12-18(14-30-5)27(21)15-24-20/h7-9,11-12,15H,6,10,13-14H2,1-5H3,(H,26,28). The highest BCUT2D eigenvalue weighted by atomic mass is 16.5. The summed E-state index contributed by atoms with van der Waals surface area (Å²) in [7, 11) is 3.22. The molecule has 2 aromatic heterocycles. The van der Waals surface area contributed by atoms with Crippen molar-refractivity contribution in [3.63, 3.8) is 0 Å². The predicted molar refractivity (Wildman–Crippen MR) is 117 cm³/mol. The van der Waals surface area contributed by atoms with E-state index in [-0.39, 0.29) is 11.6 Å². The highest BCUT2D eigenvalue weighted by Gasteiger charge is 2.27. The zero-order chi connectivity index (χ0) is 22.4. The molecule has 8 nitrogen and oxygen atoms in total.